The molecule has 0 N–H and O–H groups in total. The van der Waals surface area contributed by atoms with Crippen molar-refractivity contribution in [3.8, 4) is 5.88 Å². The molecule has 0 unspecified atom stereocenters. The number of amides is 1. The average molecular weight is 312 g/mol. The molecule has 0 atom stereocenters. The molecule has 0 bridgehead atoms. The fraction of sp³-hybridized carbons (Fsp3) is 0.353. The summed E-state index contributed by atoms with van der Waals surface area (Å²) in [5, 5.41) is 0. The molecule has 1 amide bonds. The van der Waals surface area contributed by atoms with Crippen LogP contribution in [0.5, 0.6) is 5.88 Å². The molecule has 2 aromatic heterocycles. The molecule has 120 valence electrons. The molecule has 1 aliphatic rings. The van der Waals surface area contributed by atoms with Crippen LogP contribution in [0.1, 0.15) is 15.9 Å². The van der Waals surface area contributed by atoms with Crippen molar-refractivity contribution in [1.82, 2.24) is 19.8 Å². The standard InChI is InChI=1S/C17H20N4O2/c1-23-16-15(3-2-6-19-16)17(22)21-11-9-20(10-12-21)13-14-4-7-18-8-5-14/h2-8H,9-13H2,1H3. The Labute approximate surface area is 135 Å². The molecule has 1 aliphatic heterocycles. The largest absolute Gasteiger partial charge is 0.480 e. The first-order valence-corrected chi connectivity index (χ1v) is 7.67. The van der Waals surface area contributed by atoms with Gasteiger partial charge in [0.1, 0.15) is 5.56 Å². The van der Waals surface area contributed by atoms with Crippen molar-refractivity contribution in [2.24, 2.45) is 0 Å². The quantitative estimate of drug-likeness (QED) is 0.855. The summed E-state index contributed by atoms with van der Waals surface area (Å²) in [7, 11) is 1.53. The first kappa shape index (κ1) is 15.4. The van der Waals surface area contributed by atoms with Crippen LogP contribution in [0, 0.1) is 0 Å². The second-order valence-electron chi connectivity index (χ2n) is 5.48. The second kappa shape index (κ2) is 7.19. The van der Waals surface area contributed by atoms with E-state index in [1.165, 1.54) is 12.7 Å². The summed E-state index contributed by atoms with van der Waals surface area (Å²) in [4.78, 5) is 25.0. The maximum atomic E-state index is 12.6. The van der Waals surface area contributed by atoms with Gasteiger partial charge >= 0.3 is 0 Å². The van der Waals surface area contributed by atoms with Gasteiger partial charge in [-0.1, -0.05) is 0 Å². The number of hydrogen-bond acceptors (Lipinski definition) is 5. The molecule has 0 spiro atoms. The smallest absolute Gasteiger partial charge is 0.259 e. The predicted molar refractivity (Wildman–Crippen MR) is 86.2 cm³/mol. The summed E-state index contributed by atoms with van der Waals surface area (Å²) in [6.07, 6.45) is 5.25. The van der Waals surface area contributed by atoms with Crippen LogP contribution in [0.25, 0.3) is 0 Å². The van der Waals surface area contributed by atoms with E-state index in [2.05, 4.69) is 14.9 Å². The average Bonchev–Trinajstić information content (AvgIpc) is 2.62. The van der Waals surface area contributed by atoms with Crippen LogP contribution in [-0.4, -0.2) is 59.0 Å². The zero-order chi connectivity index (χ0) is 16.1. The highest BCUT2D eigenvalue weighted by Crippen LogP contribution is 2.17. The molecule has 0 saturated carbocycles. The van der Waals surface area contributed by atoms with E-state index in [0.717, 1.165) is 19.6 Å². The number of ether oxygens (including phenoxy) is 1. The lowest BCUT2D eigenvalue weighted by Crippen LogP contribution is -2.48. The van der Waals surface area contributed by atoms with E-state index in [1.807, 2.05) is 29.4 Å². The predicted octanol–water partition coefficient (Wildman–Crippen LogP) is 1.44. The minimum atomic E-state index is -0.0153. The molecule has 2 aromatic rings. The summed E-state index contributed by atoms with van der Waals surface area (Å²) >= 11 is 0. The first-order chi connectivity index (χ1) is 11.3. The Morgan fingerprint density at radius 3 is 2.57 bits per heavy atom. The van der Waals surface area contributed by atoms with Crippen molar-refractivity contribution < 1.29 is 9.53 Å². The monoisotopic (exact) mass is 312 g/mol. The van der Waals surface area contributed by atoms with Crippen molar-refractivity contribution in [2.75, 3.05) is 33.3 Å². The van der Waals surface area contributed by atoms with Gasteiger partial charge in [-0.05, 0) is 29.8 Å². The Kier molecular flexibility index (Phi) is 4.83. The Hall–Kier alpha value is -2.47. The van der Waals surface area contributed by atoms with Crippen molar-refractivity contribution in [3.05, 3.63) is 54.0 Å². The molecule has 1 fully saturated rings. The zero-order valence-corrected chi connectivity index (χ0v) is 13.2. The van der Waals surface area contributed by atoms with Crippen LogP contribution >= 0.6 is 0 Å². The van der Waals surface area contributed by atoms with Gasteiger partial charge in [0.2, 0.25) is 5.88 Å². The summed E-state index contributed by atoms with van der Waals surface area (Å²) < 4.78 is 5.18. The van der Waals surface area contributed by atoms with Gasteiger partial charge in [0.15, 0.2) is 0 Å². The third kappa shape index (κ3) is 3.65. The van der Waals surface area contributed by atoms with Gasteiger partial charge < -0.3 is 9.64 Å². The molecule has 0 aromatic carbocycles. The number of methoxy groups -OCH3 is 1. The maximum Gasteiger partial charge on any atom is 0.259 e. The van der Waals surface area contributed by atoms with Gasteiger partial charge in [0, 0.05) is 51.3 Å². The van der Waals surface area contributed by atoms with Crippen LogP contribution in [0.3, 0.4) is 0 Å². The highest BCUT2D eigenvalue weighted by molar-refractivity contribution is 5.96. The van der Waals surface area contributed by atoms with Gasteiger partial charge in [-0.2, -0.15) is 0 Å². The molecule has 0 aliphatic carbocycles. The molecule has 3 rings (SSSR count). The van der Waals surface area contributed by atoms with E-state index in [1.54, 1.807) is 18.3 Å². The highest BCUT2D eigenvalue weighted by atomic mass is 16.5. The fourth-order valence-electron chi connectivity index (χ4n) is 2.74. The molecule has 23 heavy (non-hydrogen) atoms. The number of piperazine rings is 1. The SMILES string of the molecule is COc1ncccc1C(=O)N1CCN(Cc2ccncc2)CC1. The Morgan fingerprint density at radius 1 is 1.13 bits per heavy atom. The zero-order valence-electron chi connectivity index (χ0n) is 13.2. The molecule has 6 nitrogen and oxygen atoms in total. The molecule has 0 radical (unpaired) electrons. The van der Waals surface area contributed by atoms with E-state index in [-0.39, 0.29) is 5.91 Å². The molecular formula is C17H20N4O2. The van der Waals surface area contributed by atoms with Crippen molar-refractivity contribution >= 4 is 5.91 Å². The number of hydrogen-bond donors (Lipinski definition) is 0. The highest BCUT2D eigenvalue weighted by Gasteiger charge is 2.24. The molecule has 1 saturated heterocycles. The minimum Gasteiger partial charge on any atom is -0.480 e. The number of pyridine rings is 2. The molecule has 3 heterocycles. The lowest BCUT2D eigenvalue weighted by atomic mass is 10.2. The van der Waals surface area contributed by atoms with Crippen molar-refractivity contribution in [2.45, 2.75) is 6.54 Å². The van der Waals surface area contributed by atoms with Crippen LogP contribution in [-0.2, 0) is 6.54 Å². The Bertz CT molecular complexity index is 655. The van der Waals surface area contributed by atoms with Gasteiger partial charge in [-0.25, -0.2) is 4.98 Å². The van der Waals surface area contributed by atoms with Crippen molar-refractivity contribution in [3.63, 3.8) is 0 Å². The topological polar surface area (TPSA) is 58.6 Å². The number of carbonyl (C=O) groups excluding carboxylic acids is 1. The molecule has 6 heteroatoms. The third-order valence-corrected chi connectivity index (χ3v) is 4.01. The van der Waals surface area contributed by atoms with Crippen LogP contribution in [0.2, 0.25) is 0 Å². The van der Waals surface area contributed by atoms with Gasteiger partial charge in [0.05, 0.1) is 7.11 Å². The molecular weight excluding hydrogens is 292 g/mol. The lowest BCUT2D eigenvalue weighted by Gasteiger charge is -2.34. The Balaban J connectivity index is 1.59. The summed E-state index contributed by atoms with van der Waals surface area (Å²) in [5.74, 6) is 0.371. The van der Waals surface area contributed by atoms with Crippen LogP contribution < -0.4 is 4.74 Å². The second-order valence-corrected chi connectivity index (χ2v) is 5.48. The van der Waals surface area contributed by atoms with E-state index in [4.69, 9.17) is 4.74 Å². The normalized spacial score (nSPS) is 15.4. The lowest BCUT2D eigenvalue weighted by molar-refractivity contribution is 0.0624. The van der Waals surface area contributed by atoms with E-state index in [0.29, 0.717) is 24.5 Å². The van der Waals surface area contributed by atoms with Crippen molar-refractivity contribution in [1.29, 1.82) is 0 Å². The van der Waals surface area contributed by atoms with E-state index in [9.17, 15) is 4.79 Å². The van der Waals surface area contributed by atoms with Crippen LogP contribution in [0.4, 0.5) is 0 Å². The number of aromatic nitrogens is 2. The number of nitrogens with zero attached hydrogens (tertiary/aromatic N) is 4. The van der Waals surface area contributed by atoms with Gasteiger partial charge in [0.25, 0.3) is 5.91 Å². The summed E-state index contributed by atoms with van der Waals surface area (Å²) in [5.41, 5.74) is 1.77. The van der Waals surface area contributed by atoms with Gasteiger partial charge in [-0.15, -0.1) is 0 Å². The number of rotatable bonds is 4. The fourth-order valence-corrected chi connectivity index (χ4v) is 2.74. The minimum absolute atomic E-state index is 0.0153. The van der Waals surface area contributed by atoms with E-state index < -0.39 is 0 Å². The first-order valence-electron chi connectivity index (χ1n) is 7.67. The third-order valence-electron chi connectivity index (χ3n) is 4.01. The summed E-state index contributed by atoms with van der Waals surface area (Å²) in [6.45, 7) is 4.03. The summed E-state index contributed by atoms with van der Waals surface area (Å²) in [6, 6.07) is 7.57. The number of carbonyl (C=O) groups is 1. The van der Waals surface area contributed by atoms with Gasteiger partial charge in [-0.3, -0.25) is 14.7 Å². The van der Waals surface area contributed by atoms with E-state index >= 15 is 0 Å². The van der Waals surface area contributed by atoms with Crippen LogP contribution in [0.15, 0.2) is 42.9 Å². The maximum absolute atomic E-state index is 12.6. The Morgan fingerprint density at radius 2 is 1.87 bits per heavy atom.